The van der Waals surface area contributed by atoms with Crippen molar-refractivity contribution in [1.29, 1.82) is 0 Å². The van der Waals surface area contributed by atoms with Gasteiger partial charge in [0, 0.05) is 5.56 Å². The molecule has 4 rings (SSSR count). The lowest BCUT2D eigenvalue weighted by Gasteiger charge is -2.50. The van der Waals surface area contributed by atoms with E-state index in [0.29, 0.717) is 29.3 Å². The van der Waals surface area contributed by atoms with E-state index in [4.69, 9.17) is 9.47 Å². The van der Waals surface area contributed by atoms with Crippen molar-refractivity contribution < 1.29 is 19.7 Å². The van der Waals surface area contributed by atoms with Gasteiger partial charge in [-0.3, -0.25) is 0 Å². The van der Waals surface area contributed by atoms with Crippen LogP contribution in [0.1, 0.15) is 56.1 Å². The molecule has 5 atom stereocenters. The fourth-order valence-electron chi connectivity index (χ4n) is 6.01. The van der Waals surface area contributed by atoms with Crippen LogP contribution < -0.4 is 9.47 Å². The summed E-state index contributed by atoms with van der Waals surface area (Å²) in [4.78, 5) is 0. The summed E-state index contributed by atoms with van der Waals surface area (Å²) in [6.45, 7) is 2.29. The van der Waals surface area contributed by atoms with Gasteiger partial charge >= 0.3 is 0 Å². The summed E-state index contributed by atoms with van der Waals surface area (Å²) in [7, 11) is 3.21. The maximum Gasteiger partial charge on any atom is 0.201 e. The van der Waals surface area contributed by atoms with Crippen LogP contribution >= 0.6 is 0 Å². The lowest BCUT2D eigenvalue weighted by Crippen LogP contribution is -2.44. The lowest BCUT2D eigenvalue weighted by atomic mass is 9.55. The zero-order valence-electron chi connectivity index (χ0n) is 14.8. The first kappa shape index (κ1) is 16.1. The molecule has 4 heteroatoms. The highest BCUT2D eigenvalue weighted by molar-refractivity contribution is 5.60. The Morgan fingerprint density at radius 3 is 2.62 bits per heavy atom. The Labute approximate surface area is 143 Å². The highest BCUT2D eigenvalue weighted by atomic mass is 16.5. The Morgan fingerprint density at radius 2 is 1.92 bits per heavy atom. The summed E-state index contributed by atoms with van der Waals surface area (Å²) in [6.07, 6.45) is 6.16. The number of aliphatic hydroxyl groups is 1. The van der Waals surface area contributed by atoms with Crippen LogP contribution in [0, 0.1) is 17.3 Å². The summed E-state index contributed by atoms with van der Waals surface area (Å²) in [6, 6.07) is 2.03. The van der Waals surface area contributed by atoms with Crippen molar-refractivity contribution in [3.05, 3.63) is 17.2 Å². The first-order valence-electron chi connectivity index (χ1n) is 9.16. The first-order chi connectivity index (χ1) is 11.5. The molecule has 0 saturated heterocycles. The van der Waals surface area contributed by atoms with Gasteiger partial charge in [0.15, 0.2) is 11.5 Å². The second-order valence-electron chi connectivity index (χ2n) is 8.08. The lowest BCUT2D eigenvalue weighted by molar-refractivity contribution is -0.0227. The minimum Gasteiger partial charge on any atom is -0.502 e. The molecule has 2 fully saturated rings. The molecule has 0 heterocycles. The Bertz CT molecular complexity index is 656. The molecule has 0 bridgehead atoms. The number of benzene rings is 1. The molecule has 0 radical (unpaired) electrons. The van der Waals surface area contributed by atoms with E-state index in [0.717, 1.165) is 44.1 Å². The fourth-order valence-corrected chi connectivity index (χ4v) is 6.01. The van der Waals surface area contributed by atoms with Crippen LogP contribution in [0.2, 0.25) is 0 Å². The number of phenols is 1. The van der Waals surface area contributed by atoms with E-state index in [1.807, 2.05) is 6.07 Å². The Morgan fingerprint density at radius 1 is 1.12 bits per heavy atom. The van der Waals surface area contributed by atoms with Gasteiger partial charge < -0.3 is 19.7 Å². The third kappa shape index (κ3) is 2.01. The normalized spacial score (nSPS) is 37.3. The van der Waals surface area contributed by atoms with Crippen LogP contribution in [0.3, 0.4) is 0 Å². The van der Waals surface area contributed by atoms with E-state index < -0.39 is 0 Å². The summed E-state index contributed by atoms with van der Waals surface area (Å²) in [5.74, 6) is 2.92. The molecule has 24 heavy (non-hydrogen) atoms. The van der Waals surface area contributed by atoms with Gasteiger partial charge in [-0.1, -0.05) is 6.92 Å². The van der Waals surface area contributed by atoms with Crippen LogP contribution in [0.15, 0.2) is 6.07 Å². The monoisotopic (exact) mass is 332 g/mol. The zero-order valence-corrected chi connectivity index (χ0v) is 14.8. The number of hydrogen-bond acceptors (Lipinski definition) is 4. The highest BCUT2D eigenvalue weighted by Gasteiger charge is 2.54. The molecule has 132 valence electrons. The van der Waals surface area contributed by atoms with Gasteiger partial charge in [0.05, 0.1) is 20.3 Å². The standard InChI is InChI=1S/C20H28O4/c1-20-9-8-11-12(15(20)6-7-17(20)21)4-5-13-14(11)10-16(23-2)18(22)19(13)24-3/h10-12,15,17,21-22H,4-9H2,1-3H3/t11-,12+,15-,17-,20-/m0/s1. The number of methoxy groups -OCH3 is 2. The van der Waals surface area contributed by atoms with E-state index >= 15 is 0 Å². The molecule has 3 aliphatic rings. The zero-order chi connectivity index (χ0) is 17.1. The summed E-state index contributed by atoms with van der Waals surface area (Å²) in [5, 5.41) is 20.9. The SMILES string of the molecule is COc1cc2c(c(OC)c1O)CC[C@@H]1[C@@H]2CC[C@]2(C)[C@@H](O)CC[C@@H]12. The minimum absolute atomic E-state index is 0.0871. The van der Waals surface area contributed by atoms with Crippen LogP contribution in [-0.4, -0.2) is 30.5 Å². The van der Waals surface area contributed by atoms with Crippen molar-refractivity contribution in [2.75, 3.05) is 14.2 Å². The number of phenolic OH excluding ortho intramolecular Hbond substituents is 1. The van der Waals surface area contributed by atoms with Gasteiger partial charge in [-0.15, -0.1) is 0 Å². The average Bonchev–Trinajstić information content (AvgIpc) is 2.89. The van der Waals surface area contributed by atoms with Crippen LogP contribution in [0.25, 0.3) is 0 Å². The summed E-state index contributed by atoms with van der Waals surface area (Å²) >= 11 is 0. The number of aliphatic hydroxyl groups excluding tert-OH is 1. The molecular weight excluding hydrogens is 304 g/mol. The maximum atomic E-state index is 10.5. The Kier molecular flexibility index (Phi) is 3.72. The van der Waals surface area contributed by atoms with Gasteiger partial charge in [0.2, 0.25) is 5.75 Å². The van der Waals surface area contributed by atoms with Crippen LogP contribution in [0.4, 0.5) is 0 Å². The molecule has 0 amide bonds. The predicted molar refractivity (Wildman–Crippen MR) is 91.8 cm³/mol. The summed E-state index contributed by atoms with van der Waals surface area (Å²) in [5.41, 5.74) is 2.53. The molecule has 4 nitrogen and oxygen atoms in total. The largest absolute Gasteiger partial charge is 0.502 e. The van der Waals surface area contributed by atoms with Crippen molar-refractivity contribution in [2.24, 2.45) is 17.3 Å². The molecule has 0 spiro atoms. The number of aromatic hydroxyl groups is 1. The number of rotatable bonds is 2. The second-order valence-corrected chi connectivity index (χ2v) is 8.08. The molecule has 1 aromatic rings. The van der Waals surface area contributed by atoms with E-state index in [-0.39, 0.29) is 17.3 Å². The molecular formula is C20H28O4. The van der Waals surface area contributed by atoms with E-state index in [9.17, 15) is 10.2 Å². The first-order valence-corrected chi connectivity index (χ1v) is 9.16. The van der Waals surface area contributed by atoms with Gasteiger partial charge in [-0.05, 0) is 73.3 Å². The quantitative estimate of drug-likeness (QED) is 0.868. The smallest absolute Gasteiger partial charge is 0.201 e. The van der Waals surface area contributed by atoms with Crippen molar-refractivity contribution in [3.63, 3.8) is 0 Å². The van der Waals surface area contributed by atoms with Crippen molar-refractivity contribution in [3.8, 4) is 17.2 Å². The second kappa shape index (κ2) is 5.55. The van der Waals surface area contributed by atoms with Crippen LogP contribution in [0.5, 0.6) is 17.2 Å². The van der Waals surface area contributed by atoms with E-state index in [1.54, 1.807) is 14.2 Å². The minimum atomic E-state index is -0.145. The maximum absolute atomic E-state index is 10.5. The molecule has 0 aliphatic heterocycles. The van der Waals surface area contributed by atoms with E-state index in [2.05, 4.69) is 6.92 Å². The fraction of sp³-hybridized carbons (Fsp3) is 0.700. The van der Waals surface area contributed by atoms with Crippen molar-refractivity contribution >= 4 is 0 Å². The summed E-state index contributed by atoms with van der Waals surface area (Å²) < 4.78 is 10.9. The van der Waals surface area contributed by atoms with Gasteiger partial charge in [-0.25, -0.2) is 0 Å². The Hall–Kier alpha value is -1.42. The van der Waals surface area contributed by atoms with Crippen molar-refractivity contribution in [1.82, 2.24) is 0 Å². The third-order valence-corrected chi connectivity index (χ3v) is 7.30. The molecule has 1 aromatic carbocycles. The van der Waals surface area contributed by atoms with Gasteiger partial charge in [0.1, 0.15) is 0 Å². The van der Waals surface area contributed by atoms with E-state index in [1.165, 1.54) is 5.56 Å². The van der Waals surface area contributed by atoms with Gasteiger partial charge in [-0.2, -0.15) is 0 Å². The predicted octanol–water partition coefficient (Wildman–Crippen LogP) is 3.63. The van der Waals surface area contributed by atoms with Gasteiger partial charge in [0.25, 0.3) is 0 Å². The third-order valence-electron chi connectivity index (χ3n) is 7.30. The topological polar surface area (TPSA) is 58.9 Å². The Balaban J connectivity index is 1.77. The number of hydrogen-bond donors (Lipinski definition) is 2. The molecule has 0 aromatic heterocycles. The molecule has 0 unspecified atom stereocenters. The molecule has 2 N–H and O–H groups in total. The van der Waals surface area contributed by atoms with Crippen molar-refractivity contribution in [2.45, 2.75) is 57.5 Å². The highest BCUT2D eigenvalue weighted by Crippen LogP contribution is 2.62. The average molecular weight is 332 g/mol. The molecule has 2 saturated carbocycles. The molecule has 3 aliphatic carbocycles. The number of ether oxygens (including phenoxy) is 2. The number of fused-ring (bicyclic) bond motifs is 5. The van der Waals surface area contributed by atoms with Crippen LogP contribution in [-0.2, 0) is 6.42 Å².